The van der Waals surface area contributed by atoms with Crippen LogP contribution >= 0.6 is 11.6 Å². The summed E-state index contributed by atoms with van der Waals surface area (Å²) in [7, 11) is -2.63. The molecule has 0 spiro atoms. The third-order valence-corrected chi connectivity index (χ3v) is 8.68. The Morgan fingerprint density at radius 2 is 1.65 bits per heavy atom. The van der Waals surface area contributed by atoms with Crippen LogP contribution < -0.4 is 14.4 Å². The average Bonchev–Trinajstić information content (AvgIpc) is 2.94. The minimum Gasteiger partial charge on any atom is -0.497 e. The van der Waals surface area contributed by atoms with Crippen molar-refractivity contribution in [1.82, 2.24) is 10.2 Å². The van der Waals surface area contributed by atoms with Gasteiger partial charge in [-0.3, -0.25) is 13.9 Å². The van der Waals surface area contributed by atoms with E-state index >= 15 is 0 Å². The Balaban J connectivity index is 2.03. The number of nitrogens with one attached hydrogen (secondary N) is 1. The van der Waals surface area contributed by atoms with Crippen molar-refractivity contribution in [3.8, 4) is 5.75 Å². The van der Waals surface area contributed by atoms with Gasteiger partial charge in [0.1, 0.15) is 18.3 Å². The number of benzene rings is 3. The molecule has 2 atom stereocenters. The van der Waals surface area contributed by atoms with Crippen LogP contribution in [-0.2, 0) is 26.2 Å². The van der Waals surface area contributed by atoms with Crippen LogP contribution in [0.5, 0.6) is 5.75 Å². The second-order valence-corrected chi connectivity index (χ2v) is 12.0. The molecule has 0 aliphatic heterocycles. The summed E-state index contributed by atoms with van der Waals surface area (Å²) in [6, 6.07) is 18.9. The highest BCUT2D eigenvalue weighted by molar-refractivity contribution is 7.92. The first-order valence-corrected chi connectivity index (χ1v) is 14.9. The Bertz CT molecular complexity index is 1410. The van der Waals surface area contributed by atoms with Crippen LogP contribution in [0.25, 0.3) is 0 Å². The van der Waals surface area contributed by atoms with E-state index in [0.29, 0.717) is 16.3 Å². The topological polar surface area (TPSA) is 96.0 Å². The number of carbonyl (C=O) groups is 2. The number of nitrogens with zero attached hydrogens (tertiary/aromatic N) is 2. The molecular formula is C30H36ClN3O5S. The molecule has 2 unspecified atom stereocenters. The van der Waals surface area contributed by atoms with Gasteiger partial charge in [-0.05, 0) is 81.3 Å². The lowest BCUT2D eigenvalue weighted by molar-refractivity contribution is -0.139. The van der Waals surface area contributed by atoms with E-state index in [1.807, 2.05) is 20.8 Å². The highest BCUT2D eigenvalue weighted by Gasteiger charge is 2.32. The van der Waals surface area contributed by atoms with Gasteiger partial charge in [0.25, 0.3) is 10.0 Å². The monoisotopic (exact) mass is 585 g/mol. The molecule has 214 valence electrons. The molecule has 1 N–H and O–H groups in total. The Labute approximate surface area is 241 Å². The van der Waals surface area contributed by atoms with E-state index in [1.165, 1.54) is 24.1 Å². The van der Waals surface area contributed by atoms with E-state index in [0.717, 1.165) is 16.3 Å². The summed E-state index contributed by atoms with van der Waals surface area (Å²) >= 11 is 6.18. The summed E-state index contributed by atoms with van der Waals surface area (Å²) in [6.07, 6.45) is 0.723. The SMILES string of the molecule is CCC(C)NC(=O)C(C)N(Cc1cccc(Cl)c1)C(=O)CN(c1ccc(OC)cc1)S(=O)(=O)c1ccc(C)cc1. The molecule has 0 radical (unpaired) electrons. The second-order valence-electron chi connectivity index (χ2n) is 9.67. The quantitative estimate of drug-likeness (QED) is 0.316. The highest BCUT2D eigenvalue weighted by Crippen LogP contribution is 2.27. The Kier molecular flexibility index (Phi) is 10.6. The molecule has 0 fully saturated rings. The molecule has 0 bridgehead atoms. The summed E-state index contributed by atoms with van der Waals surface area (Å²) in [4.78, 5) is 28.5. The number of halogens is 1. The van der Waals surface area contributed by atoms with Crippen LogP contribution in [0.2, 0.25) is 5.02 Å². The number of hydrogen-bond acceptors (Lipinski definition) is 5. The third-order valence-electron chi connectivity index (χ3n) is 6.66. The van der Waals surface area contributed by atoms with Gasteiger partial charge in [-0.15, -0.1) is 0 Å². The first-order valence-electron chi connectivity index (χ1n) is 13.0. The van der Waals surface area contributed by atoms with Crippen molar-refractivity contribution in [2.75, 3.05) is 18.0 Å². The average molecular weight is 586 g/mol. The van der Waals surface area contributed by atoms with Crippen molar-refractivity contribution in [3.63, 3.8) is 0 Å². The zero-order valence-corrected chi connectivity index (χ0v) is 25.0. The Morgan fingerprint density at radius 3 is 2.23 bits per heavy atom. The van der Waals surface area contributed by atoms with Gasteiger partial charge in [0.15, 0.2) is 0 Å². The summed E-state index contributed by atoms with van der Waals surface area (Å²) in [5.41, 5.74) is 1.90. The lowest BCUT2D eigenvalue weighted by Gasteiger charge is -2.32. The molecule has 0 saturated heterocycles. The van der Waals surface area contributed by atoms with Gasteiger partial charge < -0.3 is 15.0 Å². The van der Waals surface area contributed by atoms with E-state index in [1.54, 1.807) is 67.6 Å². The van der Waals surface area contributed by atoms with E-state index in [-0.39, 0.29) is 29.1 Å². The number of ether oxygens (including phenoxy) is 1. The van der Waals surface area contributed by atoms with Gasteiger partial charge >= 0.3 is 0 Å². The summed E-state index contributed by atoms with van der Waals surface area (Å²) in [6.45, 7) is 6.87. The van der Waals surface area contributed by atoms with Gasteiger partial charge in [0, 0.05) is 17.6 Å². The standard InChI is InChI=1S/C30H36ClN3O5S/c1-6-22(3)32-30(36)23(4)33(19-24-8-7-9-25(31)18-24)29(35)20-34(26-12-14-27(39-5)15-13-26)40(37,38)28-16-10-21(2)11-17-28/h7-18,22-23H,6,19-20H2,1-5H3,(H,32,36). The van der Waals surface area contributed by atoms with Gasteiger partial charge in [-0.25, -0.2) is 8.42 Å². The predicted octanol–water partition coefficient (Wildman–Crippen LogP) is 5.18. The molecular weight excluding hydrogens is 550 g/mol. The van der Waals surface area contributed by atoms with Gasteiger partial charge in [0.2, 0.25) is 11.8 Å². The molecule has 8 nitrogen and oxygen atoms in total. The van der Waals surface area contributed by atoms with Crippen LogP contribution in [0.4, 0.5) is 5.69 Å². The zero-order chi connectivity index (χ0) is 29.4. The number of rotatable bonds is 12. The number of hydrogen-bond donors (Lipinski definition) is 1. The lowest BCUT2D eigenvalue weighted by Crippen LogP contribution is -2.52. The molecule has 2 amide bonds. The maximum absolute atomic E-state index is 14.0. The molecule has 0 aliphatic carbocycles. The normalized spacial score (nSPS) is 12.8. The minimum absolute atomic E-state index is 0.0469. The summed E-state index contributed by atoms with van der Waals surface area (Å²) < 4.78 is 34.0. The van der Waals surface area contributed by atoms with Gasteiger partial charge in [-0.1, -0.05) is 48.4 Å². The zero-order valence-electron chi connectivity index (χ0n) is 23.4. The molecule has 40 heavy (non-hydrogen) atoms. The van der Waals surface area contributed by atoms with Crippen molar-refractivity contribution in [3.05, 3.63) is 88.9 Å². The fourth-order valence-corrected chi connectivity index (χ4v) is 5.62. The molecule has 3 rings (SSSR count). The summed E-state index contributed by atoms with van der Waals surface area (Å²) in [5.74, 6) is -0.332. The largest absolute Gasteiger partial charge is 0.497 e. The van der Waals surface area contributed by atoms with Crippen LogP contribution in [0, 0.1) is 6.92 Å². The number of aryl methyl sites for hydroxylation is 1. The van der Waals surface area contributed by atoms with Crippen LogP contribution in [0.15, 0.2) is 77.7 Å². The van der Waals surface area contributed by atoms with E-state index in [9.17, 15) is 18.0 Å². The van der Waals surface area contributed by atoms with Crippen molar-refractivity contribution >= 4 is 39.1 Å². The van der Waals surface area contributed by atoms with Crippen molar-refractivity contribution in [2.24, 2.45) is 0 Å². The molecule has 0 aliphatic rings. The Morgan fingerprint density at radius 1 is 1.00 bits per heavy atom. The van der Waals surface area contributed by atoms with E-state index in [4.69, 9.17) is 16.3 Å². The van der Waals surface area contributed by atoms with Crippen molar-refractivity contribution < 1.29 is 22.7 Å². The van der Waals surface area contributed by atoms with E-state index in [2.05, 4.69) is 5.32 Å². The molecule has 0 heterocycles. The van der Waals surface area contributed by atoms with Crippen LogP contribution in [0.3, 0.4) is 0 Å². The number of amides is 2. The second kappa shape index (κ2) is 13.7. The maximum Gasteiger partial charge on any atom is 0.264 e. The highest BCUT2D eigenvalue weighted by atomic mass is 35.5. The lowest BCUT2D eigenvalue weighted by atomic mass is 10.1. The fraction of sp³-hybridized carbons (Fsp3) is 0.333. The van der Waals surface area contributed by atoms with Gasteiger partial charge in [-0.2, -0.15) is 0 Å². The van der Waals surface area contributed by atoms with Crippen molar-refractivity contribution in [2.45, 2.75) is 57.6 Å². The number of carbonyl (C=O) groups excluding carboxylic acids is 2. The molecule has 10 heteroatoms. The maximum atomic E-state index is 14.0. The first kappa shape index (κ1) is 31.0. The molecule has 0 saturated carbocycles. The number of sulfonamides is 1. The van der Waals surface area contributed by atoms with Gasteiger partial charge in [0.05, 0.1) is 17.7 Å². The number of methoxy groups -OCH3 is 1. The van der Waals surface area contributed by atoms with Crippen LogP contribution in [0.1, 0.15) is 38.3 Å². The van der Waals surface area contributed by atoms with Crippen LogP contribution in [-0.4, -0.2) is 50.9 Å². The molecule has 3 aromatic rings. The smallest absolute Gasteiger partial charge is 0.264 e. The first-order chi connectivity index (χ1) is 19.0. The molecule has 0 aromatic heterocycles. The Hall–Kier alpha value is -3.56. The predicted molar refractivity (Wildman–Crippen MR) is 158 cm³/mol. The minimum atomic E-state index is -4.14. The van der Waals surface area contributed by atoms with Crippen molar-refractivity contribution in [1.29, 1.82) is 0 Å². The third kappa shape index (κ3) is 7.76. The molecule has 3 aromatic carbocycles. The number of anilines is 1. The summed E-state index contributed by atoms with van der Waals surface area (Å²) in [5, 5.41) is 3.41. The fourth-order valence-electron chi connectivity index (χ4n) is 3.99. The van der Waals surface area contributed by atoms with E-state index < -0.39 is 28.5 Å².